The molecule has 1 aliphatic heterocycles. The maximum Gasteiger partial charge on any atom is 0.387 e. The number of halogens is 3. The van der Waals surface area contributed by atoms with Crippen molar-refractivity contribution < 1.29 is 23.1 Å². The summed E-state index contributed by atoms with van der Waals surface area (Å²) in [4.78, 5) is 18.5. The fourth-order valence-corrected chi connectivity index (χ4v) is 3.52. The average Bonchev–Trinajstić information content (AvgIpc) is 3.23. The molecule has 1 aromatic heterocycles. The molecule has 0 radical (unpaired) electrons. The van der Waals surface area contributed by atoms with Crippen molar-refractivity contribution in [3.63, 3.8) is 0 Å². The number of hydrogen-bond donors (Lipinski definition) is 1. The maximum atomic E-state index is 12.4. The minimum absolute atomic E-state index is 0.0379. The van der Waals surface area contributed by atoms with Gasteiger partial charge in [0.05, 0.1) is 15.3 Å². The van der Waals surface area contributed by atoms with Crippen molar-refractivity contribution in [1.82, 2.24) is 5.32 Å². The molecule has 0 fully saturated rings. The molecule has 1 aromatic carbocycles. The van der Waals surface area contributed by atoms with Crippen molar-refractivity contribution in [1.29, 1.82) is 0 Å². The van der Waals surface area contributed by atoms with Gasteiger partial charge in [-0.05, 0) is 36.8 Å². The van der Waals surface area contributed by atoms with Gasteiger partial charge >= 0.3 is 6.61 Å². The summed E-state index contributed by atoms with van der Waals surface area (Å²) in [5, 5.41) is 6.75. The van der Waals surface area contributed by atoms with Crippen LogP contribution < -0.4 is 10.1 Å². The molecule has 1 N–H and O–H groups in total. The summed E-state index contributed by atoms with van der Waals surface area (Å²) in [5.41, 5.74) is 1.31. The Kier molecular flexibility index (Phi) is 5.73. The Morgan fingerprint density at radius 3 is 2.92 bits per heavy atom. The molecule has 138 valence electrons. The molecule has 5 nitrogen and oxygen atoms in total. The number of carbonyl (C=O) groups excluding carboxylic acids is 1. The second-order valence-electron chi connectivity index (χ2n) is 5.62. The van der Waals surface area contributed by atoms with Gasteiger partial charge in [-0.25, -0.2) is 0 Å². The van der Waals surface area contributed by atoms with E-state index in [1.807, 2.05) is 6.07 Å². The van der Waals surface area contributed by atoms with E-state index in [-0.39, 0.29) is 11.7 Å². The predicted molar refractivity (Wildman–Crippen MR) is 95.0 cm³/mol. The minimum Gasteiger partial charge on any atom is -0.435 e. The Morgan fingerprint density at radius 1 is 1.42 bits per heavy atom. The first-order valence-electron chi connectivity index (χ1n) is 7.76. The van der Waals surface area contributed by atoms with Crippen LogP contribution in [0.5, 0.6) is 5.75 Å². The maximum absolute atomic E-state index is 12.4. The number of amides is 1. The number of oxime groups is 1. The molecule has 0 bridgehead atoms. The van der Waals surface area contributed by atoms with Crippen LogP contribution in [0.3, 0.4) is 0 Å². The number of benzene rings is 1. The van der Waals surface area contributed by atoms with Crippen LogP contribution in [0.1, 0.15) is 29.8 Å². The molecule has 9 heteroatoms. The molecule has 0 aliphatic carbocycles. The lowest BCUT2D eigenvalue weighted by Crippen LogP contribution is -2.36. The molecule has 2 heterocycles. The SMILES string of the molecule is CC(NC(=O)C1CC(c2ccc(Cl)s2)=NO1)c1cccc(OC(F)F)c1. The van der Waals surface area contributed by atoms with Gasteiger partial charge in [-0.3, -0.25) is 4.79 Å². The van der Waals surface area contributed by atoms with Gasteiger partial charge < -0.3 is 14.9 Å². The summed E-state index contributed by atoms with van der Waals surface area (Å²) in [6.07, 6.45) is -0.405. The van der Waals surface area contributed by atoms with E-state index in [0.29, 0.717) is 22.0 Å². The Hall–Kier alpha value is -2.19. The zero-order valence-corrected chi connectivity index (χ0v) is 15.2. The van der Waals surface area contributed by atoms with Crippen molar-refractivity contribution in [2.75, 3.05) is 0 Å². The predicted octanol–water partition coefficient (Wildman–Crippen LogP) is 4.37. The molecule has 2 unspecified atom stereocenters. The second kappa shape index (κ2) is 8.01. The van der Waals surface area contributed by atoms with E-state index in [2.05, 4.69) is 15.2 Å². The molecule has 0 spiro atoms. The van der Waals surface area contributed by atoms with E-state index in [4.69, 9.17) is 16.4 Å². The third-order valence-corrected chi connectivity index (χ3v) is 5.04. The first kappa shape index (κ1) is 18.6. The van der Waals surface area contributed by atoms with Crippen molar-refractivity contribution in [3.8, 4) is 5.75 Å². The summed E-state index contributed by atoms with van der Waals surface area (Å²) in [7, 11) is 0. The summed E-state index contributed by atoms with van der Waals surface area (Å²) >= 11 is 7.27. The van der Waals surface area contributed by atoms with Crippen LogP contribution in [0.4, 0.5) is 8.78 Å². The zero-order chi connectivity index (χ0) is 18.7. The Morgan fingerprint density at radius 2 is 2.23 bits per heavy atom. The van der Waals surface area contributed by atoms with E-state index in [1.54, 1.807) is 25.1 Å². The number of carbonyl (C=O) groups is 1. The fraction of sp³-hybridized carbons (Fsp3) is 0.294. The van der Waals surface area contributed by atoms with E-state index in [0.717, 1.165) is 4.88 Å². The smallest absolute Gasteiger partial charge is 0.387 e. The van der Waals surface area contributed by atoms with Gasteiger partial charge in [0.25, 0.3) is 5.91 Å². The zero-order valence-electron chi connectivity index (χ0n) is 13.6. The van der Waals surface area contributed by atoms with Gasteiger partial charge in [-0.15, -0.1) is 11.3 Å². The lowest BCUT2D eigenvalue weighted by atomic mass is 10.1. The first-order chi connectivity index (χ1) is 12.4. The monoisotopic (exact) mass is 400 g/mol. The highest BCUT2D eigenvalue weighted by Crippen LogP contribution is 2.27. The summed E-state index contributed by atoms with van der Waals surface area (Å²) in [5.74, 6) is -0.296. The summed E-state index contributed by atoms with van der Waals surface area (Å²) in [6, 6.07) is 9.37. The number of thiophene rings is 1. The Balaban J connectivity index is 1.58. The van der Waals surface area contributed by atoms with Gasteiger partial charge in [0.15, 0.2) is 0 Å². The molecule has 1 aliphatic rings. The molecular weight excluding hydrogens is 386 g/mol. The number of rotatable bonds is 6. The number of hydrogen-bond acceptors (Lipinski definition) is 5. The molecule has 2 aromatic rings. The molecule has 2 atom stereocenters. The van der Waals surface area contributed by atoms with Crippen LogP contribution in [-0.4, -0.2) is 24.3 Å². The van der Waals surface area contributed by atoms with Gasteiger partial charge in [0.1, 0.15) is 11.5 Å². The van der Waals surface area contributed by atoms with Crippen molar-refractivity contribution >= 4 is 34.6 Å². The highest BCUT2D eigenvalue weighted by Gasteiger charge is 2.30. The summed E-state index contributed by atoms with van der Waals surface area (Å²) < 4.78 is 29.6. The van der Waals surface area contributed by atoms with Crippen LogP contribution in [0.15, 0.2) is 41.6 Å². The normalized spacial score (nSPS) is 17.6. The van der Waals surface area contributed by atoms with Gasteiger partial charge in [-0.1, -0.05) is 28.9 Å². The standard InChI is InChI=1S/C17H15ClF2N2O3S/c1-9(10-3-2-4-11(7-10)24-17(19)20)21-16(23)13-8-12(22-25-13)14-5-6-15(18)26-14/h2-7,9,13,17H,8H2,1H3,(H,21,23). The molecule has 0 saturated heterocycles. The molecule has 0 saturated carbocycles. The van der Waals surface area contributed by atoms with Crippen LogP contribution >= 0.6 is 22.9 Å². The first-order valence-corrected chi connectivity index (χ1v) is 8.95. The Bertz CT molecular complexity index is 828. The van der Waals surface area contributed by atoms with E-state index >= 15 is 0 Å². The topological polar surface area (TPSA) is 59.9 Å². The fourth-order valence-electron chi connectivity index (χ4n) is 2.48. The van der Waals surface area contributed by atoms with Crippen LogP contribution in [0, 0.1) is 0 Å². The van der Waals surface area contributed by atoms with Gasteiger partial charge in [0.2, 0.25) is 6.10 Å². The van der Waals surface area contributed by atoms with Crippen LogP contribution in [0.2, 0.25) is 4.34 Å². The number of nitrogens with zero attached hydrogens (tertiary/aromatic N) is 1. The van der Waals surface area contributed by atoms with E-state index in [9.17, 15) is 13.6 Å². The third-order valence-electron chi connectivity index (χ3n) is 3.76. The summed E-state index contributed by atoms with van der Waals surface area (Å²) in [6.45, 7) is -1.15. The van der Waals surface area contributed by atoms with E-state index < -0.39 is 18.8 Å². The highest BCUT2D eigenvalue weighted by atomic mass is 35.5. The quantitative estimate of drug-likeness (QED) is 0.783. The van der Waals surface area contributed by atoms with Gasteiger partial charge in [0, 0.05) is 6.42 Å². The molecule has 1 amide bonds. The minimum atomic E-state index is -2.90. The molecule has 26 heavy (non-hydrogen) atoms. The number of nitrogens with one attached hydrogen (secondary N) is 1. The molecular formula is C17H15ClF2N2O3S. The lowest BCUT2D eigenvalue weighted by Gasteiger charge is -2.17. The van der Waals surface area contributed by atoms with Crippen LogP contribution in [-0.2, 0) is 9.63 Å². The lowest BCUT2D eigenvalue weighted by molar-refractivity contribution is -0.131. The number of alkyl halides is 2. The van der Waals surface area contributed by atoms with Crippen LogP contribution in [0.25, 0.3) is 0 Å². The van der Waals surface area contributed by atoms with Crippen molar-refractivity contribution in [2.24, 2.45) is 5.16 Å². The molecule has 3 rings (SSSR count). The Labute approximate surface area is 157 Å². The van der Waals surface area contributed by atoms with E-state index in [1.165, 1.54) is 23.5 Å². The number of ether oxygens (including phenoxy) is 1. The average molecular weight is 401 g/mol. The van der Waals surface area contributed by atoms with Gasteiger partial charge in [-0.2, -0.15) is 8.78 Å². The largest absolute Gasteiger partial charge is 0.435 e. The highest BCUT2D eigenvalue weighted by molar-refractivity contribution is 7.18. The third kappa shape index (κ3) is 4.50. The second-order valence-corrected chi connectivity index (χ2v) is 7.34. The van der Waals surface area contributed by atoms with Crippen molar-refractivity contribution in [3.05, 3.63) is 51.2 Å². The van der Waals surface area contributed by atoms with Crippen molar-refractivity contribution in [2.45, 2.75) is 32.1 Å².